The minimum absolute atomic E-state index is 0.0283. The van der Waals surface area contributed by atoms with E-state index in [-0.39, 0.29) is 16.9 Å². The Morgan fingerprint density at radius 2 is 1.94 bits per heavy atom. The molecular weight excluding hydrogens is 476 g/mol. The summed E-state index contributed by atoms with van der Waals surface area (Å²) in [7, 11) is 0. The standard InChI is InChI=1S/C19H9F6N5O2S/c20-18(21,22)14-5-9(1-3-27-14)29-17(32)11-6-28-30(16(11)19(23,24)25)13-8-33-15-10(13)2-4-26-12(15)7-31/h1-6,8,26H,(H,27,29,32). The molecule has 0 bridgehead atoms. The molecule has 0 fully saturated rings. The molecule has 1 aliphatic rings. The van der Waals surface area contributed by atoms with Gasteiger partial charge in [-0.05, 0) is 18.2 Å². The van der Waals surface area contributed by atoms with Crippen molar-refractivity contribution in [1.29, 1.82) is 0 Å². The van der Waals surface area contributed by atoms with Crippen molar-refractivity contribution >= 4 is 40.6 Å². The number of fused-ring (bicyclic) bond motifs is 1. The zero-order valence-electron chi connectivity index (χ0n) is 15.9. The van der Waals surface area contributed by atoms with E-state index >= 15 is 0 Å². The molecule has 0 atom stereocenters. The minimum Gasteiger partial charge on any atom is -0.351 e. The third-order valence-corrected chi connectivity index (χ3v) is 5.44. The number of nitrogens with zero attached hydrogens (tertiary/aromatic N) is 3. The van der Waals surface area contributed by atoms with Crippen molar-refractivity contribution < 1.29 is 35.9 Å². The molecule has 14 heteroatoms. The van der Waals surface area contributed by atoms with Crippen LogP contribution in [-0.4, -0.2) is 26.6 Å². The lowest BCUT2D eigenvalue weighted by Gasteiger charge is -2.14. The summed E-state index contributed by atoms with van der Waals surface area (Å²) in [6.07, 6.45) is -5.66. The van der Waals surface area contributed by atoms with Crippen LogP contribution in [0.15, 0.2) is 36.1 Å². The second kappa shape index (κ2) is 7.90. The maximum absolute atomic E-state index is 13.9. The van der Waals surface area contributed by atoms with Gasteiger partial charge in [-0.15, -0.1) is 11.3 Å². The molecule has 33 heavy (non-hydrogen) atoms. The topological polar surface area (TPSA) is 88.9 Å². The maximum Gasteiger partial charge on any atom is 0.434 e. The van der Waals surface area contributed by atoms with Crippen molar-refractivity contribution in [3.8, 4) is 5.69 Å². The zero-order valence-corrected chi connectivity index (χ0v) is 16.7. The van der Waals surface area contributed by atoms with Crippen molar-refractivity contribution in [2.75, 3.05) is 5.32 Å². The fraction of sp³-hybridized carbons (Fsp3) is 0.105. The quantitative estimate of drug-likeness (QED) is 0.425. The molecule has 0 saturated heterocycles. The molecule has 0 unspecified atom stereocenters. The Morgan fingerprint density at radius 3 is 2.61 bits per heavy atom. The van der Waals surface area contributed by atoms with Crippen LogP contribution in [0.5, 0.6) is 0 Å². The second-order valence-corrected chi connectivity index (χ2v) is 7.40. The summed E-state index contributed by atoms with van der Waals surface area (Å²) in [5.74, 6) is 0.332. The molecular formula is C19H9F6N5O2S. The van der Waals surface area contributed by atoms with Gasteiger partial charge < -0.3 is 10.6 Å². The Morgan fingerprint density at radius 1 is 1.18 bits per heavy atom. The number of thiophene rings is 1. The van der Waals surface area contributed by atoms with Crippen molar-refractivity contribution in [1.82, 2.24) is 20.1 Å². The predicted octanol–water partition coefficient (Wildman–Crippen LogP) is 4.37. The number of hydrogen-bond acceptors (Lipinski definition) is 6. The summed E-state index contributed by atoms with van der Waals surface area (Å²) in [5, 5.41) is 9.65. The first-order valence-corrected chi connectivity index (χ1v) is 9.69. The smallest absolute Gasteiger partial charge is 0.351 e. The lowest BCUT2D eigenvalue weighted by atomic mass is 10.1. The average molecular weight is 485 g/mol. The number of carbonyl (C=O) groups excluding carboxylic acids is 2. The SMILES string of the molecule is O=C=C1NC=Cc2c(-n3ncc(C(=O)Nc4ccnc(C(F)(F)F)c4)c3C(F)(F)F)csc21. The molecule has 2 N–H and O–H groups in total. The van der Waals surface area contributed by atoms with Gasteiger partial charge in [0.25, 0.3) is 5.91 Å². The molecule has 0 aliphatic carbocycles. The largest absolute Gasteiger partial charge is 0.434 e. The van der Waals surface area contributed by atoms with Gasteiger partial charge in [0.2, 0.25) is 0 Å². The van der Waals surface area contributed by atoms with Crippen LogP contribution in [0.25, 0.3) is 17.5 Å². The number of carbonyl (C=O) groups is 1. The highest BCUT2D eigenvalue weighted by molar-refractivity contribution is 7.12. The number of rotatable bonds is 3. The highest BCUT2D eigenvalue weighted by Gasteiger charge is 2.41. The number of amides is 1. The van der Waals surface area contributed by atoms with Crippen LogP contribution in [0.3, 0.4) is 0 Å². The lowest BCUT2D eigenvalue weighted by Crippen LogP contribution is -2.21. The number of pyridine rings is 1. The first kappa shape index (κ1) is 22.3. The molecule has 3 aromatic heterocycles. The summed E-state index contributed by atoms with van der Waals surface area (Å²) in [6.45, 7) is 0. The van der Waals surface area contributed by atoms with Crippen LogP contribution in [0.1, 0.15) is 32.2 Å². The van der Waals surface area contributed by atoms with Crippen LogP contribution in [-0.2, 0) is 17.1 Å². The van der Waals surface area contributed by atoms with Crippen LogP contribution in [0.2, 0.25) is 0 Å². The minimum atomic E-state index is -5.05. The number of aromatic nitrogens is 3. The van der Waals surface area contributed by atoms with E-state index < -0.39 is 40.9 Å². The fourth-order valence-electron chi connectivity index (χ4n) is 3.06. The molecule has 0 spiro atoms. The molecule has 0 aromatic carbocycles. The Kier molecular flexibility index (Phi) is 5.34. The third kappa shape index (κ3) is 4.13. The summed E-state index contributed by atoms with van der Waals surface area (Å²) in [5.41, 5.74) is -3.83. The van der Waals surface area contributed by atoms with Crippen molar-refractivity contribution in [2.24, 2.45) is 0 Å². The molecule has 1 aliphatic heterocycles. The van der Waals surface area contributed by atoms with Crippen molar-refractivity contribution in [3.63, 3.8) is 0 Å². The Balaban J connectivity index is 1.76. The van der Waals surface area contributed by atoms with E-state index in [1.54, 1.807) is 5.94 Å². The summed E-state index contributed by atoms with van der Waals surface area (Å²) < 4.78 is 80.8. The fourth-order valence-corrected chi connectivity index (χ4v) is 4.03. The predicted molar refractivity (Wildman–Crippen MR) is 105 cm³/mol. The number of alkyl halides is 6. The number of halogens is 6. The van der Waals surface area contributed by atoms with Crippen LogP contribution >= 0.6 is 11.3 Å². The highest BCUT2D eigenvalue weighted by Crippen LogP contribution is 2.38. The van der Waals surface area contributed by atoms with E-state index in [4.69, 9.17) is 0 Å². The molecule has 4 rings (SSSR count). The molecule has 170 valence electrons. The molecule has 1 amide bonds. The van der Waals surface area contributed by atoms with E-state index in [1.807, 2.05) is 5.32 Å². The van der Waals surface area contributed by atoms with Gasteiger partial charge in [-0.25, -0.2) is 9.48 Å². The highest BCUT2D eigenvalue weighted by atomic mass is 32.1. The Labute approximate surface area is 184 Å². The van der Waals surface area contributed by atoms with Crippen molar-refractivity contribution in [3.05, 3.63) is 63.5 Å². The van der Waals surface area contributed by atoms with E-state index in [2.05, 4.69) is 15.4 Å². The average Bonchev–Trinajstić information content (AvgIpc) is 3.37. The van der Waals surface area contributed by atoms with Gasteiger partial charge in [0, 0.05) is 29.0 Å². The van der Waals surface area contributed by atoms with Crippen LogP contribution < -0.4 is 10.6 Å². The first-order valence-electron chi connectivity index (χ1n) is 8.81. The van der Waals surface area contributed by atoms with E-state index in [0.717, 1.165) is 23.6 Å². The lowest BCUT2D eigenvalue weighted by molar-refractivity contribution is -0.143. The molecule has 3 aromatic rings. The second-order valence-electron chi connectivity index (χ2n) is 6.52. The summed E-state index contributed by atoms with van der Waals surface area (Å²) in [4.78, 5) is 27.1. The van der Waals surface area contributed by atoms with Crippen LogP contribution in [0, 0.1) is 0 Å². The zero-order chi connectivity index (χ0) is 24.0. The van der Waals surface area contributed by atoms with Gasteiger partial charge >= 0.3 is 12.4 Å². The maximum atomic E-state index is 13.9. The van der Waals surface area contributed by atoms with E-state index in [1.165, 1.54) is 17.7 Å². The van der Waals surface area contributed by atoms with Gasteiger partial charge in [-0.3, -0.25) is 9.78 Å². The van der Waals surface area contributed by atoms with Gasteiger partial charge in [-0.2, -0.15) is 31.4 Å². The third-order valence-electron chi connectivity index (χ3n) is 4.43. The van der Waals surface area contributed by atoms with Gasteiger partial charge in [-0.1, -0.05) is 0 Å². The van der Waals surface area contributed by atoms with Gasteiger partial charge in [0.15, 0.2) is 11.6 Å². The Hall–Kier alpha value is -3.90. The van der Waals surface area contributed by atoms with E-state index in [9.17, 15) is 35.9 Å². The van der Waals surface area contributed by atoms with Gasteiger partial charge in [0.05, 0.1) is 22.3 Å². The van der Waals surface area contributed by atoms with Crippen LogP contribution in [0.4, 0.5) is 32.0 Å². The van der Waals surface area contributed by atoms with Crippen molar-refractivity contribution in [2.45, 2.75) is 12.4 Å². The summed E-state index contributed by atoms with van der Waals surface area (Å²) >= 11 is 0.968. The van der Waals surface area contributed by atoms with Gasteiger partial charge in [0.1, 0.15) is 11.4 Å². The van der Waals surface area contributed by atoms with E-state index in [0.29, 0.717) is 21.8 Å². The Bertz CT molecular complexity index is 1330. The number of hydrogen-bond donors (Lipinski definition) is 2. The molecule has 0 saturated carbocycles. The molecule has 7 nitrogen and oxygen atoms in total. The molecule has 0 radical (unpaired) electrons. The number of anilines is 1. The number of nitrogens with one attached hydrogen (secondary N) is 2. The monoisotopic (exact) mass is 485 g/mol. The summed E-state index contributed by atoms with van der Waals surface area (Å²) in [6, 6.07) is 1.50. The first-order chi connectivity index (χ1) is 15.5. The molecule has 4 heterocycles. The normalized spacial score (nSPS) is 13.3.